The maximum atomic E-state index is 12.1. The Balaban J connectivity index is 1.81. The van der Waals surface area contributed by atoms with Crippen LogP contribution < -0.4 is 20.7 Å². The molecule has 0 aliphatic carbocycles. The average molecular weight is 381 g/mol. The third kappa shape index (κ3) is 7.53. The Morgan fingerprint density at radius 1 is 0.964 bits per heavy atom. The standard InChI is InChI=1S/C22H27N3O3/c1-4-6-21(26)24-17-9-11-18(12-10-17)25-22(27)14-23-19-7-5-8-20(13-19)28-15-16(2)3/h5,7-13,23H,2,4,6,14-15H2,1,3H3,(H,24,26)(H,25,27). The van der Waals surface area contributed by atoms with Gasteiger partial charge in [-0.25, -0.2) is 0 Å². The van der Waals surface area contributed by atoms with E-state index in [0.29, 0.717) is 30.2 Å². The van der Waals surface area contributed by atoms with Crippen LogP contribution in [0.1, 0.15) is 26.7 Å². The number of carbonyl (C=O) groups is 2. The minimum atomic E-state index is -0.170. The summed E-state index contributed by atoms with van der Waals surface area (Å²) < 4.78 is 5.59. The first-order valence-corrected chi connectivity index (χ1v) is 9.27. The number of amides is 2. The summed E-state index contributed by atoms with van der Waals surface area (Å²) in [6.45, 7) is 8.24. The summed E-state index contributed by atoms with van der Waals surface area (Å²) in [5.41, 5.74) is 3.11. The van der Waals surface area contributed by atoms with E-state index in [4.69, 9.17) is 4.74 Å². The minimum absolute atomic E-state index is 0.0158. The molecule has 0 heterocycles. The summed E-state index contributed by atoms with van der Waals surface area (Å²) in [5.74, 6) is 0.531. The molecular formula is C22H27N3O3. The van der Waals surface area contributed by atoms with Crippen LogP contribution in [0.3, 0.4) is 0 Å². The topological polar surface area (TPSA) is 79.5 Å². The Morgan fingerprint density at radius 2 is 1.61 bits per heavy atom. The summed E-state index contributed by atoms with van der Waals surface area (Å²) in [7, 11) is 0. The van der Waals surface area contributed by atoms with Crippen LogP contribution in [-0.4, -0.2) is 25.0 Å². The molecule has 0 saturated carbocycles. The van der Waals surface area contributed by atoms with E-state index in [0.717, 1.165) is 17.7 Å². The van der Waals surface area contributed by atoms with Crippen molar-refractivity contribution in [1.29, 1.82) is 0 Å². The molecule has 0 aromatic heterocycles. The SMILES string of the molecule is C=C(C)COc1cccc(NCC(=O)Nc2ccc(NC(=O)CCC)cc2)c1. The molecule has 2 rings (SSSR count). The molecule has 0 radical (unpaired) electrons. The largest absolute Gasteiger partial charge is 0.489 e. The lowest BCUT2D eigenvalue weighted by atomic mass is 10.2. The second-order valence-electron chi connectivity index (χ2n) is 6.55. The van der Waals surface area contributed by atoms with Crippen LogP contribution in [0.2, 0.25) is 0 Å². The predicted octanol–water partition coefficient (Wildman–Crippen LogP) is 4.43. The predicted molar refractivity (Wildman–Crippen MR) is 114 cm³/mol. The summed E-state index contributed by atoms with van der Waals surface area (Å²) in [6.07, 6.45) is 1.29. The van der Waals surface area contributed by atoms with Gasteiger partial charge in [0.2, 0.25) is 11.8 Å². The fourth-order valence-electron chi connectivity index (χ4n) is 2.38. The van der Waals surface area contributed by atoms with Crippen molar-refractivity contribution >= 4 is 28.9 Å². The molecule has 0 atom stereocenters. The molecule has 148 valence electrons. The summed E-state index contributed by atoms with van der Waals surface area (Å²) >= 11 is 0. The van der Waals surface area contributed by atoms with Crippen molar-refractivity contribution in [2.45, 2.75) is 26.7 Å². The first-order chi connectivity index (χ1) is 13.5. The van der Waals surface area contributed by atoms with E-state index in [1.807, 2.05) is 38.1 Å². The Bertz CT molecular complexity index is 816. The van der Waals surface area contributed by atoms with E-state index < -0.39 is 0 Å². The Morgan fingerprint density at radius 3 is 2.21 bits per heavy atom. The van der Waals surface area contributed by atoms with Gasteiger partial charge in [-0.1, -0.05) is 19.6 Å². The molecular weight excluding hydrogens is 354 g/mol. The number of hydrogen-bond acceptors (Lipinski definition) is 4. The molecule has 0 bridgehead atoms. The van der Waals surface area contributed by atoms with Crippen molar-refractivity contribution in [3.05, 3.63) is 60.7 Å². The van der Waals surface area contributed by atoms with E-state index in [2.05, 4.69) is 22.5 Å². The molecule has 2 amide bonds. The lowest BCUT2D eigenvalue weighted by Gasteiger charge is -2.11. The lowest BCUT2D eigenvalue weighted by Crippen LogP contribution is -2.21. The highest BCUT2D eigenvalue weighted by molar-refractivity contribution is 5.94. The Kier molecular flexibility index (Phi) is 8.09. The highest BCUT2D eigenvalue weighted by Crippen LogP contribution is 2.18. The van der Waals surface area contributed by atoms with Crippen LogP contribution >= 0.6 is 0 Å². The van der Waals surface area contributed by atoms with Crippen LogP contribution in [0.25, 0.3) is 0 Å². The summed E-state index contributed by atoms with van der Waals surface area (Å²) in [4.78, 5) is 23.7. The molecule has 0 spiro atoms. The number of carbonyl (C=O) groups excluding carboxylic acids is 2. The van der Waals surface area contributed by atoms with Crippen LogP contribution in [0.5, 0.6) is 5.75 Å². The molecule has 2 aromatic rings. The maximum absolute atomic E-state index is 12.1. The number of nitrogens with one attached hydrogen (secondary N) is 3. The van der Waals surface area contributed by atoms with Gasteiger partial charge in [-0.2, -0.15) is 0 Å². The van der Waals surface area contributed by atoms with E-state index >= 15 is 0 Å². The van der Waals surface area contributed by atoms with Gasteiger partial charge in [-0.3, -0.25) is 9.59 Å². The van der Waals surface area contributed by atoms with Crippen LogP contribution in [0, 0.1) is 0 Å². The molecule has 2 aromatic carbocycles. The van der Waals surface area contributed by atoms with Crippen molar-refractivity contribution in [1.82, 2.24) is 0 Å². The Labute approximate surface area is 166 Å². The maximum Gasteiger partial charge on any atom is 0.243 e. The zero-order chi connectivity index (χ0) is 20.4. The summed E-state index contributed by atoms with van der Waals surface area (Å²) in [5, 5.41) is 8.70. The van der Waals surface area contributed by atoms with E-state index in [1.165, 1.54) is 0 Å². The van der Waals surface area contributed by atoms with E-state index in [1.54, 1.807) is 24.3 Å². The first kappa shape index (κ1) is 21.0. The third-order valence-electron chi connectivity index (χ3n) is 3.70. The molecule has 6 heteroatoms. The van der Waals surface area contributed by atoms with Gasteiger partial charge in [0.25, 0.3) is 0 Å². The highest BCUT2D eigenvalue weighted by Gasteiger charge is 2.05. The molecule has 3 N–H and O–H groups in total. The normalized spacial score (nSPS) is 10.1. The summed E-state index contributed by atoms with van der Waals surface area (Å²) in [6, 6.07) is 14.5. The van der Waals surface area contributed by atoms with Crippen LogP contribution in [-0.2, 0) is 9.59 Å². The van der Waals surface area contributed by atoms with Crippen molar-refractivity contribution in [2.75, 3.05) is 29.1 Å². The van der Waals surface area contributed by atoms with Gasteiger partial charge in [-0.05, 0) is 55.3 Å². The van der Waals surface area contributed by atoms with Gasteiger partial charge in [-0.15, -0.1) is 0 Å². The molecule has 0 aliphatic rings. The number of rotatable bonds is 10. The van der Waals surface area contributed by atoms with E-state index in [9.17, 15) is 9.59 Å². The number of ether oxygens (including phenoxy) is 1. The average Bonchev–Trinajstić information content (AvgIpc) is 2.67. The van der Waals surface area contributed by atoms with Gasteiger partial charge >= 0.3 is 0 Å². The molecule has 0 unspecified atom stereocenters. The van der Waals surface area contributed by atoms with Gasteiger partial charge in [0, 0.05) is 29.5 Å². The first-order valence-electron chi connectivity index (χ1n) is 9.27. The molecule has 0 fully saturated rings. The Hall–Kier alpha value is -3.28. The van der Waals surface area contributed by atoms with Crippen molar-refractivity contribution in [3.63, 3.8) is 0 Å². The van der Waals surface area contributed by atoms with Crippen molar-refractivity contribution in [3.8, 4) is 5.75 Å². The number of anilines is 3. The van der Waals surface area contributed by atoms with Gasteiger partial charge in [0.15, 0.2) is 0 Å². The molecule has 0 saturated heterocycles. The monoisotopic (exact) mass is 381 g/mol. The zero-order valence-corrected chi connectivity index (χ0v) is 16.4. The second-order valence-corrected chi connectivity index (χ2v) is 6.55. The second kappa shape index (κ2) is 10.8. The fourth-order valence-corrected chi connectivity index (χ4v) is 2.38. The zero-order valence-electron chi connectivity index (χ0n) is 16.4. The van der Waals surface area contributed by atoms with Crippen LogP contribution in [0.15, 0.2) is 60.7 Å². The third-order valence-corrected chi connectivity index (χ3v) is 3.70. The van der Waals surface area contributed by atoms with Gasteiger partial charge in [0.1, 0.15) is 12.4 Å². The molecule has 6 nitrogen and oxygen atoms in total. The van der Waals surface area contributed by atoms with Gasteiger partial charge < -0.3 is 20.7 Å². The minimum Gasteiger partial charge on any atom is -0.489 e. The fraction of sp³-hybridized carbons (Fsp3) is 0.273. The van der Waals surface area contributed by atoms with Crippen molar-refractivity contribution < 1.29 is 14.3 Å². The van der Waals surface area contributed by atoms with E-state index in [-0.39, 0.29) is 18.4 Å². The quantitative estimate of drug-likeness (QED) is 0.532. The lowest BCUT2D eigenvalue weighted by molar-refractivity contribution is -0.116. The number of benzene rings is 2. The number of hydrogen-bond donors (Lipinski definition) is 3. The van der Waals surface area contributed by atoms with Crippen molar-refractivity contribution in [2.24, 2.45) is 0 Å². The van der Waals surface area contributed by atoms with Crippen LogP contribution in [0.4, 0.5) is 17.1 Å². The van der Waals surface area contributed by atoms with Gasteiger partial charge in [0.05, 0.1) is 6.54 Å². The molecule has 28 heavy (non-hydrogen) atoms. The molecule has 0 aliphatic heterocycles. The smallest absolute Gasteiger partial charge is 0.243 e. The highest BCUT2D eigenvalue weighted by atomic mass is 16.5.